The highest BCUT2D eigenvalue weighted by atomic mass is 19.1. The Kier molecular flexibility index (Phi) is 3.49. The molecule has 2 N–H and O–H groups in total. The third-order valence-corrected chi connectivity index (χ3v) is 4.37. The van der Waals surface area contributed by atoms with E-state index in [9.17, 15) is 4.39 Å². The van der Waals surface area contributed by atoms with Crippen LogP contribution in [0.3, 0.4) is 0 Å². The summed E-state index contributed by atoms with van der Waals surface area (Å²) in [5.41, 5.74) is 6.77. The van der Waals surface area contributed by atoms with Gasteiger partial charge in [0.1, 0.15) is 17.2 Å². The normalized spacial score (nSPS) is 21.2. The Bertz CT molecular complexity index is 581. The molecule has 2 heterocycles. The maximum Gasteiger partial charge on any atom is 0.145 e. The van der Waals surface area contributed by atoms with E-state index in [0.717, 1.165) is 25.9 Å². The molecule has 0 atom stereocenters. The van der Waals surface area contributed by atoms with Crippen LogP contribution in [0.1, 0.15) is 24.8 Å². The van der Waals surface area contributed by atoms with Gasteiger partial charge in [-0.15, -0.1) is 0 Å². The molecule has 2 aliphatic rings. The van der Waals surface area contributed by atoms with Crippen LogP contribution in [0.5, 0.6) is 5.75 Å². The van der Waals surface area contributed by atoms with Gasteiger partial charge in [-0.1, -0.05) is 5.16 Å². The quantitative estimate of drug-likeness (QED) is 0.847. The summed E-state index contributed by atoms with van der Waals surface area (Å²) >= 11 is 0. The number of rotatable bonds is 2. The van der Waals surface area contributed by atoms with Gasteiger partial charge in [0.25, 0.3) is 0 Å². The minimum absolute atomic E-state index is 0.275. The van der Waals surface area contributed by atoms with Gasteiger partial charge < -0.3 is 20.2 Å². The predicted octanol–water partition coefficient (Wildman–Crippen LogP) is 2.01. The first-order chi connectivity index (χ1) is 10.0. The molecule has 0 bridgehead atoms. The number of nitrogens with two attached hydrogens (primary N) is 1. The molecule has 6 heteroatoms. The Morgan fingerprint density at radius 3 is 2.76 bits per heavy atom. The zero-order chi connectivity index (χ0) is 15.0. The molecule has 0 amide bonds. The van der Waals surface area contributed by atoms with Crippen LogP contribution in [-0.4, -0.2) is 43.5 Å². The van der Waals surface area contributed by atoms with Crippen LogP contribution in [0, 0.1) is 5.82 Å². The lowest BCUT2D eigenvalue weighted by Gasteiger charge is -2.35. The molecule has 114 valence electrons. The number of hydrogen-bond acceptors (Lipinski definition) is 5. The SMILES string of the molecule is COc1cc(C2=NOC3(CCN(C)CC3)C2)c(F)cc1N. The van der Waals surface area contributed by atoms with E-state index in [1.807, 2.05) is 0 Å². The molecule has 1 saturated heterocycles. The number of anilines is 1. The van der Waals surface area contributed by atoms with Crippen molar-refractivity contribution in [3.8, 4) is 5.75 Å². The van der Waals surface area contributed by atoms with Crippen molar-refractivity contribution in [1.82, 2.24) is 4.90 Å². The van der Waals surface area contributed by atoms with E-state index in [0.29, 0.717) is 23.4 Å². The fourth-order valence-electron chi connectivity index (χ4n) is 2.93. The minimum Gasteiger partial charge on any atom is -0.495 e. The average Bonchev–Trinajstić information content (AvgIpc) is 2.87. The van der Waals surface area contributed by atoms with Crippen molar-refractivity contribution >= 4 is 11.4 Å². The third kappa shape index (κ3) is 2.55. The second-order valence-corrected chi connectivity index (χ2v) is 5.87. The smallest absolute Gasteiger partial charge is 0.145 e. The van der Waals surface area contributed by atoms with E-state index >= 15 is 0 Å². The molecule has 1 aromatic carbocycles. The molecule has 0 aliphatic carbocycles. The molecule has 5 nitrogen and oxygen atoms in total. The van der Waals surface area contributed by atoms with Gasteiger partial charge in [0, 0.05) is 44.0 Å². The van der Waals surface area contributed by atoms with E-state index in [4.69, 9.17) is 15.3 Å². The fourth-order valence-corrected chi connectivity index (χ4v) is 2.93. The monoisotopic (exact) mass is 293 g/mol. The molecule has 1 fully saturated rings. The summed E-state index contributed by atoms with van der Waals surface area (Å²) in [5.74, 6) is 0.0686. The molecular formula is C15H20FN3O2. The van der Waals surface area contributed by atoms with Gasteiger partial charge in [0.2, 0.25) is 0 Å². The molecule has 21 heavy (non-hydrogen) atoms. The van der Waals surface area contributed by atoms with Crippen molar-refractivity contribution in [2.75, 3.05) is 33.0 Å². The number of likely N-dealkylation sites (tertiary alicyclic amines) is 1. The van der Waals surface area contributed by atoms with Gasteiger partial charge in [0.15, 0.2) is 0 Å². The molecule has 0 aromatic heterocycles. The van der Waals surface area contributed by atoms with Crippen LogP contribution in [0.4, 0.5) is 10.1 Å². The molecular weight excluding hydrogens is 273 g/mol. The first-order valence-corrected chi connectivity index (χ1v) is 7.10. The standard InChI is InChI=1S/C15H20FN3O2/c1-19-5-3-15(4-6-19)9-13(18-21-15)10-7-14(20-2)12(17)8-11(10)16/h7-8H,3-6,9,17H2,1-2H3. The Hall–Kier alpha value is -1.82. The lowest BCUT2D eigenvalue weighted by molar-refractivity contribution is -0.0578. The maximum atomic E-state index is 14.2. The molecule has 0 saturated carbocycles. The summed E-state index contributed by atoms with van der Waals surface area (Å²) < 4.78 is 19.3. The van der Waals surface area contributed by atoms with E-state index in [1.165, 1.54) is 13.2 Å². The second kappa shape index (κ2) is 5.18. The van der Waals surface area contributed by atoms with Gasteiger partial charge in [-0.3, -0.25) is 0 Å². The summed E-state index contributed by atoms with van der Waals surface area (Å²) in [6.07, 6.45) is 2.44. The Morgan fingerprint density at radius 2 is 2.10 bits per heavy atom. The fraction of sp³-hybridized carbons (Fsp3) is 0.533. The number of ether oxygens (including phenoxy) is 1. The van der Waals surface area contributed by atoms with Crippen molar-refractivity contribution < 1.29 is 14.0 Å². The summed E-state index contributed by atoms with van der Waals surface area (Å²) in [7, 11) is 3.60. The van der Waals surface area contributed by atoms with Crippen LogP contribution in [0.25, 0.3) is 0 Å². The third-order valence-electron chi connectivity index (χ3n) is 4.37. The van der Waals surface area contributed by atoms with Crippen molar-refractivity contribution in [2.45, 2.75) is 24.9 Å². The number of halogens is 1. The van der Waals surface area contributed by atoms with E-state index in [-0.39, 0.29) is 17.1 Å². The number of hydrogen-bond donors (Lipinski definition) is 1. The number of oxime groups is 1. The number of nitrogens with zero attached hydrogens (tertiary/aromatic N) is 2. The summed E-state index contributed by atoms with van der Waals surface area (Å²) in [6, 6.07) is 2.87. The maximum absolute atomic E-state index is 14.2. The molecule has 1 aromatic rings. The van der Waals surface area contributed by atoms with Crippen LogP contribution in [0.15, 0.2) is 17.3 Å². The highest BCUT2D eigenvalue weighted by Crippen LogP contribution is 2.37. The first-order valence-electron chi connectivity index (χ1n) is 7.10. The lowest BCUT2D eigenvalue weighted by Crippen LogP contribution is -2.42. The Labute approximate surface area is 123 Å². The highest BCUT2D eigenvalue weighted by Gasteiger charge is 2.42. The van der Waals surface area contributed by atoms with E-state index in [2.05, 4.69) is 17.1 Å². The Morgan fingerprint density at radius 1 is 1.38 bits per heavy atom. The molecule has 1 spiro atoms. The summed E-state index contributed by atoms with van der Waals surface area (Å²) in [6.45, 7) is 1.94. The number of nitrogen functional groups attached to an aromatic ring is 1. The number of benzene rings is 1. The molecule has 3 rings (SSSR count). The second-order valence-electron chi connectivity index (χ2n) is 5.87. The summed E-state index contributed by atoms with van der Waals surface area (Å²) in [5, 5.41) is 4.14. The van der Waals surface area contributed by atoms with E-state index in [1.54, 1.807) is 6.07 Å². The largest absolute Gasteiger partial charge is 0.495 e. The van der Waals surface area contributed by atoms with Gasteiger partial charge in [0.05, 0.1) is 18.5 Å². The zero-order valence-electron chi connectivity index (χ0n) is 12.4. The van der Waals surface area contributed by atoms with Crippen LogP contribution < -0.4 is 10.5 Å². The van der Waals surface area contributed by atoms with Gasteiger partial charge >= 0.3 is 0 Å². The highest BCUT2D eigenvalue weighted by molar-refractivity contribution is 6.02. The van der Waals surface area contributed by atoms with Gasteiger partial charge in [-0.25, -0.2) is 4.39 Å². The van der Waals surface area contributed by atoms with Crippen molar-refractivity contribution in [2.24, 2.45) is 5.16 Å². The van der Waals surface area contributed by atoms with Crippen molar-refractivity contribution in [3.63, 3.8) is 0 Å². The molecule has 2 aliphatic heterocycles. The number of piperidine rings is 1. The predicted molar refractivity (Wildman–Crippen MR) is 79.1 cm³/mol. The van der Waals surface area contributed by atoms with Crippen molar-refractivity contribution in [3.05, 3.63) is 23.5 Å². The molecule has 0 unspecified atom stereocenters. The minimum atomic E-state index is -0.388. The Balaban J connectivity index is 1.83. The van der Waals surface area contributed by atoms with Gasteiger partial charge in [-0.05, 0) is 13.1 Å². The van der Waals surface area contributed by atoms with Crippen LogP contribution in [-0.2, 0) is 4.84 Å². The zero-order valence-corrected chi connectivity index (χ0v) is 12.4. The average molecular weight is 293 g/mol. The van der Waals surface area contributed by atoms with Crippen LogP contribution in [0.2, 0.25) is 0 Å². The van der Waals surface area contributed by atoms with E-state index < -0.39 is 0 Å². The summed E-state index contributed by atoms with van der Waals surface area (Å²) in [4.78, 5) is 7.94. The van der Waals surface area contributed by atoms with Crippen LogP contribution >= 0.6 is 0 Å². The van der Waals surface area contributed by atoms with Gasteiger partial charge in [-0.2, -0.15) is 0 Å². The number of methoxy groups -OCH3 is 1. The first kappa shape index (κ1) is 14.1. The molecule has 0 radical (unpaired) electrons. The van der Waals surface area contributed by atoms with Crippen molar-refractivity contribution in [1.29, 1.82) is 0 Å². The lowest BCUT2D eigenvalue weighted by atomic mass is 9.85. The topological polar surface area (TPSA) is 60.1 Å².